The van der Waals surface area contributed by atoms with Gasteiger partial charge in [-0.2, -0.15) is 8.42 Å². The van der Waals surface area contributed by atoms with Gasteiger partial charge in [-0.25, -0.2) is 0 Å². The zero-order valence-electron chi connectivity index (χ0n) is 7.08. The van der Waals surface area contributed by atoms with E-state index in [9.17, 15) is 8.42 Å². The number of rotatable bonds is 5. The average molecular weight is 196 g/mol. The maximum Gasteiger partial charge on any atom is 0.264 e. The molecule has 0 saturated carbocycles. The summed E-state index contributed by atoms with van der Waals surface area (Å²) in [4.78, 5) is 0. The Morgan fingerprint density at radius 3 is 2.18 bits per heavy atom. The van der Waals surface area contributed by atoms with Crippen LogP contribution in [0.1, 0.15) is 12.8 Å². The van der Waals surface area contributed by atoms with E-state index in [0.29, 0.717) is 6.42 Å². The molecule has 0 unspecified atom stereocenters. The molecule has 0 amide bonds. The van der Waals surface area contributed by atoms with Crippen LogP contribution < -0.4 is 0 Å². The number of hydrogen-bond acceptors (Lipinski definition) is 2. The molecule has 68 valence electrons. The fourth-order valence-corrected chi connectivity index (χ4v) is 2.51. The quantitative estimate of drug-likeness (QED) is 0.407. The van der Waals surface area contributed by atoms with Gasteiger partial charge in [-0.15, -0.1) is 0 Å². The summed E-state index contributed by atoms with van der Waals surface area (Å²) in [6.45, 7) is 4.46. The normalized spacial score (nSPS) is 12.4. The van der Waals surface area contributed by atoms with E-state index < -0.39 is 18.9 Å². The highest BCUT2D eigenvalue weighted by Gasteiger charge is 2.03. The van der Waals surface area contributed by atoms with E-state index >= 15 is 0 Å². The lowest BCUT2D eigenvalue weighted by atomic mass is 10.4. The summed E-state index contributed by atoms with van der Waals surface area (Å²) in [6.07, 6.45) is 1.54. The first-order valence-electron chi connectivity index (χ1n) is 3.87. The maximum atomic E-state index is 10.2. The highest BCUT2D eigenvalue weighted by Crippen LogP contribution is 2.02. The van der Waals surface area contributed by atoms with Crippen molar-refractivity contribution in [1.29, 1.82) is 0 Å². The largest absolute Gasteiger partial charge is 0.286 e. The van der Waals surface area contributed by atoms with Crippen molar-refractivity contribution >= 4 is 18.9 Å². The monoisotopic (exact) mass is 196 g/mol. The van der Waals surface area contributed by atoms with Gasteiger partial charge >= 0.3 is 0 Å². The first-order chi connectivity index (χ1) is 4.92. The van der Waals surface area contributed by atoms with Gasteiger partial charge in [-0.1, -0.05) is 25.6 Å². The summed E-state index contributed by atoms with van der Waals surface area (Å²) in [5, 5.41) is 0. The molecular formula is C6H16O3SSi. The second-order valence-corrected chi connectivity index (χ2v) is 8.11. The van der Waals surface area contributed by atoms with Crippen LogP contribution in [-0.4, -0.2) is 27.5 Å². The van der Waals surface area contributed by atoms with Gasteiger partial charge in [0.05, 0.1) is 5.75 Å². The van der Waals surface area contributed by atoms with Crippen LogP contribution in [0, 0.1) is 0 Å². The highest BCUT2D eigenvalue weighted by atomic mass is 32.2. The fourth-order valence-electron chi connectivity index (χ4n) is 0.837. The van der Waals surface area contributed by atoms with Crippen LogP contribution in [0.4, 0.5) is 0 Å². The molecule has 0 fully saturated rings. The van der Waals surface area contributed by atoms with Gasteiger partial charge in [0, 0.05) is 8.80 Å². The Balaban J connectivity index is 3.30. The topological polar surface area (TPSA) is 54.4 Å². The van der Waals surface area contributed by atoms with E-state index in [2.05, 4.69) is 13.1 Å². The van der Waals surface area contributed by atoms with E-state index in [4.69, 9.17) is 4.55 Å². The van der Waals surface area contributed by atoms with E-state index in [1.54, 1.807) is 0 Å². The van der Waals surface area contributed by atoms with Gasteiger partial charge in [0.15, 0.2) is 0 Å². The highest BCUT2D eigenvalue weighted by molar-refractivity contribution is 7.85. The fraction of sp³-hybridized carbons (Fsp3) is 1.00. The van der Waals surface area contributed by atoms with Crippen LogP contribution >= 0.6 is 0 Å². The molecule has 0 heterocycles. The van der Waals surface area contributed by atoms with Crippen LogP contribution in [0.25, 0.3) is 0 Å². The molecule has 0 aromatic rings. The minimum Gasteiger partial charge on any atom is -0.286 e. The predicted octanol–water partition coefficient (Wildman–Crippen LogP) is 1.14. The molecule has 0 aliphatic heterocycles. The first kappa shape index (κ1) is 11.1. The van der Waals surface area contributed by atoms with Gasteiger partial charge in [-0.3, -0.25) is 4.55 Å². The van der Waals surface area contributed by atoms with Crippen LogP contribution in [0.5, 0.6) is 0 Å². The molecule has 0 aliphatic rings. The lowest BCUT2D eigenvalue weighted by Crippen LogP contribution is -2.05. The average Bonchev–Trinajstić information content (AvgIpc) is 1.78. The molecule has 0 rings (SSSR count). The molecule has 5 heteroatoms. The smallest absolute Gasteiger partial charge is 0.264 e. The van der Waals surface area contributed by atoms with Crippen molar-refractivity contribution < 1.29 is 13.0 Å². The Bertz CT molecular complexity index is 186. The lowest BCUT2D eigenvalue weighted by molar-refractivity contribution is 0.480. The zero-order valence-corrected chi connectivity index (χ0v) is 9.05. The van der Waals surface area contributed by atoms with E-state index in [-0.39, 0.29) is 5.75 Å². The molecule has 0 aromatic carbocycles. The zero-order chi connectivity index (χ0) is 8.91. The third kappa shape index (κ3) is 10.1. The van der Waals surface area contributed by atoms with E-state index in [1.165, 1.54) is 0 Å². The Morgan fingerprint density at radius 2 is 1.82 bits per heavy atom. The molecule has 0 radical (unpaired) electrons. The van der Waals surface area contributed by atoms with Crippen LogP contribution in [0.15, 0.2) is 0 Å². The van der Waals surface area contributed by atoms with Crippen molar-refractivity contribution in [1.82, 2.24) is 0 Å². The summed E-state index contributed by atoms with van der Waals surface area (Å²) >= 11 is 0. The minimum absolute atomic E-state index is 0.0753. The molecule has 0 saturated heterocycles. The second kappa shape index (κ2) is 4.90. The molecule has 0 aromatic heterocycles. The van der Waals surface area contributed by atoms with Crippen LogP contribution in [0.2, 0.25) is 19.1 Å². The second-order valence-electron chi connectivity index (χ2n) is 3.18. The molecular weight excluding hydrogens is 180 g/mol. The van der Waals surface area contributed by atoms with Crippen LogP contribution in [-0.2, 0) is 10.1 Å². The Morgan fingerprint density at radius 1 is 1.27 bits per heavy atom. The Kier molecular flexibility index (Phi) is 4.95. The molecule has 3 nitrogen and oxygen atoms in total. The molecule has 1 N–H and O–H groups in total. The predicted molar refractivity (Wildman–Crippen MR) is 49.3 cm³/mol. The Hall–Kier alpha value is 0.127. The Labute approximate surface area is 70.2 Å². The van der Waals surface area contributed by atoms with Crippen molar-refractivity contribution in [3.8, 4) is 0 Å². The molecule has 0 bridgehead atoms. The summed E-state index contributed by atoms with van der Waals surface area (Å²) in [5.41, 5.74) is 0. The first-order valence-corrected chi connectivity index (χ1v) is 8.60. The molecule has 11 heavy (non-hydrogen) atoms. The van der Waals surface area contributed by atoms with Gasteiger partial charge in [0.1, 0.15) is 0 Å². The van der Waals surface area contributed by atoms with Crippen molar-refractivity contribution in [2.45, 2.75) is 32.0 Å². The van der Waals surface area contributed by atoms with Crippen LogP contribution in [0.3, 0.4) is 0 Å². The summed E-state index contributed by atoms with van der Waals surface area (Å²) < 4.78 is 28.9. The summed E-state index contributed by atoms with van der Waals surface area (Å²) in [5.74, 6) is -0.0753. The van der Waals surface area contributed by atoms with Gasteiger partial charge in [0.25, 0.3) is 10.1 Å². The van der Waals surface area contributed by atoms with E-state index in [0.717, 1.165) is 12.5 Å². The minimum atomic E-state index is -3.71. The standard InChI is InChI=1S/C6H16O3SSi/c1-11(2)6-4-3-5-10(7,8)9/h11H,3-6H2,1-2H3,(H,7,8,9). The van der Waals surface area contributed by atoms with Crippen molar-refractivity contribution in [3.63, 3.8) is 0 Å². The molecule has 0 aliphatic carbocycles. The van der Waals surface area contributed by atoms with Gasteiger partial charge < -0.3 is 0 Å². The van der Waals surface area contributed by atoms with E-state index in [1.807, 2.05) is 0 Å². The number of hydrogen-bond donors (Lipinski definition) is 1. The molecule has 0 atom stereocenters. The maximum absolute atomic E-state index is 10.2. The van der Waals surface area contributed by atoms with Crippen molar-refractivity contribution in [2.24, 2.45) is 0 Å². The lowest BCUT2D eigenvalue weighted by Gasteiger charge is -2.00. The summed E-state index contributed by atoms with van der Waals surface area (Å²) in [6, 6.07) is 1.16. The van der Waals surface area contributed by atoms with Gasteiger partial charge in [-0.05, 0) is 6.42 Å². The third-order valence-electron chi connectivity index (χ3n) is 1.43. The van der Waals surface area contributed by atoms with Crippen molar-refractivity contribution in [3.05, 3.63) is 0 Å². The SMILES string of the molecule is C[SiH](C)CCCCS(=O)(=O)O. The number of unbranched alkanes of at least 4 members (excludes halogenated alkanes) is 1. The summed E-state index contributed by atoms with van der Waals surface area (Å²) in [7, 11) is -4.24. The molecule has 0 spiro atoms. The van der Waals surface area contributed by atoms with Gasteiger partial charge in [0.2, 0.25) is 0 Å². The third-order valence-corrected chi connectivity index (χ3v) is 3.80. The van der Waals surface area contributed by atoms with Crippen molar-refractivity contribution in [2.75, 3.05) is 5.75 Å².